The number of phosphoric acid groups is 1. The van der Waals surface area contributed by atoms with Gasteiger partial charge in [0.15, 0.2) is 0 Å². The van der Waals surface area contributed by atoms with Crippen LogP contribution in [0.15, 0.2) is 24.3 Å². The Morgan fingerprint density at radius 2 is 1.81 bits per heavy atom. The molecule has 5 nitrogen and oxygen atoms in total. The molecule has 0 saturated heterocycles. The molecule has 2 atom stereocenters. The minimum absolute atomic E-state index is 0.0265. The Morgan fingerprint density at radius 1 is 1.14 bits per heavy atom. The van der Waals surface area contributed by atoms with Gasteiger partial charge in [0.2, 0.25) is 0 Å². The Hall–Kier alpha value is -0.710. The van der Waals surface area contributed by atoms with Gasteiger partial charge in [-0.3, -0.25) is 9.05 Å². The molecule has 0 saturated carbocycles. The van der Waals surface area contributed by atoms with Crippen molar-refractivity contribution >= 4 is 7.82 Å². The molecule has 0 amide bonds. The smallest absolute Gasteiger partial charge is 0.374 e. The fourth-order valence-electron chi connectivity index (χ4n) is 1.78. The van der Waals surface area contributed by atoms with Gasteiger partial charge in [0.05, 0.1) is 26.4 Å². The van der Waals surface area contributed by atoms with E-state index in [1.807, 2.05) is 12.1 Å². The van der Waals surface area contributed by atoms with Gasteiger partial charge >= 0.3 is 7.82 Å². The minimum Gasteiger partial charge on any atom is -0.374 e. The van der Waals surface area contributed by atoms with Crippen molar-refractivity contribution in [3.05, 3.63) is 35.4 Å². The van der Waals surface area contributed by atoms with Crippen molar-refractivity contribution in [2.45, 2.75) is 39.7 Å². The predicted molar refractivity (Wildman–Crippen MR) is 82.2 cm³/mol. The lowest BCUT2D eigenvalue weighted by Crippen LogP contribution is -2.04. The van der Waals surface area contributed by atoms with E-state index in [9.17, 15) is 9.46 Å². The number of phosphoric ester groups is 1. The maximum atomic E-state index is 11.2. The van der Waals surface area contributed by atoms with Crippen LogP contribution in [-0.4, -0.2) is 24.7 Å². The quantitative estimate of drug-likeness (QED) is 0.524. The second-order valence-electron chi connectivity index (χ2n) is 4.82. The Balaban J connectivity index is 2.25. The summed E-state index contributed by atoms with van der Waals surface area (Å²) in [5.74, 6) is 0.561. The number of benzene rings is 1. The maximum absolute atomic E-state index is 11.2. The number of rotatable bonds is 10. The molecule has 6 heteroatoms. The molecular weight excluding hydrogens is 291 g/mol. The first-order valence-corrected chi connectivity index (χ1v) is 8.76. The third-order valence-electron chi connectivity index (χ3n) is 3.20. The first-order chi connectivity index (χ1) is 9.98. The van der Waals surface area contributed by atoms with Gasteiger partial charge in [-0.1, -0.05) is 38.1 Å². The Bertz CT molecular complexity index is 446. The second-order valence-corrected chi connectivity index (χ2v) is 6.28. The third-order valence-corrected chi connectivity index (χ3v) is 4.30. The third kappa shape index (κ3) is 7.21. The number of hydrogen-bond acceptors (Lipinski definition) is 4. The van der Waals surface area contributed by atoms with E-state index in [0.29, 0.717) is 12.5 Å². The molecule has 0 aliphatic rings. The lowest BCUT2D eigenvalue weighted by Gasteiger charge is -2.11. The summed E-state index contributed by atoms with van der Waals surface area (Å²) in [5, 5.41) is 0. The molecule has 0 aliphatic heterocycles. The van der Waals surface area contributed by atoms with Crippen molar-refractivity contribution in [1.82, 2.24) is 0 Å². The molecule has 120 valence electrons. The molecule has 2 unspecified atom stereocenters. The summed E-state index contributed by atoms with van der Waals surface area (Å²) in [5.41, 5.74) is 2.39. The van der Waals surface area contributed by atoms with Crippen molar-refractivity contribution in [2.75, 3.05) is 19.8 Å². The van der Waals surface area contributed by atoms with Gasteiger partial charge in [0.25, 0.3) is 0 Å². The van der Waals surface area contributed by atoms with Crippen molar-refractivity contribution in [2.24, 2.45) is 0 Å². The molecule has 0 fully saturated rings. The lowest BCUT2D eigenvalue weighted by atomic mass is 9.98. The summed E-state index contributed by atoms with van der Waals surface area (Å²) in [6.07, 6.45) is 1.12. The highest BCUT2D eigenvalue weighted by molar-refractivity contribution is 7.47. The maximum Gasteiger partial charge on any atom is 0.472 e. The fourth-order valence-corrected chi connectivity index (χ4v) is 2.49. The summed E-state index contributed by atoms with van der Waals surface area (Å²) >= 11 is 0. The Kier molecular flexibility index (Phi) is 8.15. The fraction of sp³-hybridized carbons (Fsp3) is 0.600. The van der Waals surface area contributed by atoms with E-state index in [4.69, 9.17) is 9.26 Å². The topological polar surface area (TPSA) is 65.0 Å². The zero-order valence-corrected chi connectivity index (χ0v) is 13.8. The largest absolute Gasteiger partial charge is 0.472 e. The van der Waals surface area contributed by atoms with Crippen LogP contribution in [0.3, 0.4) is 0 Å². The Morgan fingerprint density at radius 3 is 2.38 bits per heavy atom. The van der Waals surface area contributed by atoms with Crippen LogP contribution in [0.2, 0.25) is 0 Å². The van der Waals surface area contributed by atoms with Crippen molar-refractivity contribution in [3.8, 4) is 0 Å². The molecule has 0 bridgehead atoms. The average Bonchev–Trinajstić information content (AvgIpc) is 2.46. The van der Waals surface area contributed by atoms with Crippen LogP contribution in [0.1, 0.15) is 44.2 Å². The van der Waals surface area contributed by atoms with Crippen LogP contribution in [0, 0.1) is 0 Å². The highest BCUT2D eigenvalue weighted by Crippen LogP contribution is 2.42. The van der Waals surface area contributed by atoms with Crippen LogP contribution >= 0.6 is 7.82 Å². The van der Waals surface area contributed by atoms with E-state index < -0.39 is 7.82 Å². The van der Waals surface area contributed by atoms with Crippen LogP contribution in [0.25, 0.3) is 0 Å². The summed E-state index contributed by atoms with van der Waals surface area (Å²) in [6, 6.07) is 8.31. The summed E-state index contributed by atoms with van der Waals surface area (Å²) in [6.45, 7) is 6.86. The molecule has 0 heterocycles. The van der Waals surface area contributed by atoms with Gasteiger partial charge in [0, 0.05) is 0 Å². The highest BCUT2D eigenvalue weighted by atomic mass is 31.2. The monoisotopic (exact) mass is 316 g/mol. The predicted octanol–water partition coefficient (Wildman–Crippen LogP) is 3.87. The van der Waals surface area contributed by atoms with Crippen molar-refractivity contribution in [3.63, 3.8) is 0 Å². The normalized spacial score (nSPS) is 15.6. The molecule has 0 spiro atoms. The van der Waals surface area contributed by atoms with Gasteiger partial charge < -0.3 is 9.63 Å². The van der Waals surface area contributed by atoms with Crippen LogP contribution in [0.4, 0.5) is 0 Å². The van der Waals surface area contributed by atoms with Gasteiger partial charge in [-0.15, -0.1) is 0 Å². The highest BCUT2D eigenvalue weighted by Gasteiger charge is 2.19. The molecule has 0 aliphatic carbocycles. The van der Waals surface area contributed by atoms with E-state index in [1.165, 1.54) is 5.56 Å². The van der Waals surface area contributed by atoms with Gasteiger partial charge in [0.1, 0.15) is 0 Å². The molecular formula is C15H25O5P. The number of hydrogen-bond donors (Lipinski definition) is 1. The summed E-state index contributed by atoms with van der Waals surface area (Å²) in [4.78, 5) is 9.19. The van der Waals surface area contributed by atoms with Gasteiger partial charge in [-0.25, -0.2) is 4.57 Å². The van der Waals surface area contributed by atoms with E-state index >= 15 is 0 Å². The van der Waals surface area contributed by atoms with Crippen molar-refractivity contribution in [1.29, 1.82) is 0 Å². The first-order valence-electron chi connectivity index (χ1n) is 7.27. The molecule has 1 aromatic carbocycles. The van der Waals surface area contributed by atoms with Crippen molar-refractivity contribution < 1.29 is 23.2 Å². The van der Waals surface area contributed by atoms with E-state index in [0.717, 1.165) is 12.0 Å². The summed E-state index contributed by atoms with van der Waals surface area (Å²) < 4.78 is 25.9. The van der Waals surface area contributed by atoms with Crippen LogP contribution in [0.5, 0.6) is 0 Å². The van der Waals surface area contributed by atoms with Gasteiger partial charge in [-0.2, -0.15) is 0 Å². The Labute approximate surface area is 126 Å². The second kappa shape index (κ2) is 9.34. The molecule has 0 aromatic heterocycles. The SMILES string of the molecule is CCOP(=O)(O)OCCOCc1ccc(C(C)CC)cc1. The molecule has 1 aromatic rings. The van der Waals surface area contributed by atoms with Gasteiger partial charge in [-0.05, 0) is 30.4 Å². The molecule has 1 rings (SSSR count). The van der Waals surface area contributed by atoms with E-state index in [2.05, 4.69) is 30.5 Å². The van der Waals surface area contributed by atoms with Crippen LogP contribution in [-0.2, 0) is 25.0 Å². The molecule has 1 N–H and O–H groups in total. The zero-order chi connectivity index (χ0) is 15.7. The minimum atomic E-state index is -3.91. The zero-order valence-electron chi connectivity index (χ0n) is 12.9. The lowest BCUT2D eigenvalue weighted by molar-refractivity contribution is 0.0695. The van der Waals surface area contributed by atoms with E-state index in [1.54, 1.807) is 6.92 Å². The molecule has 21 heavy (non-hydrogen) atoms. The van der Waals surface area contributed by atoms with Crippen LogP contribution < -0.4 is 0 Å². The first kappa shape index (κ1) is 18.3. The summed E-state index contributed by atoms with van der Waals surface area (Å²) in [7, 11) is -3.91. The molecule has 0 radical (unpaired) electrons. The standard InChI is InChI=1S/C15H25O5P/c1-4-13(3)15-8-6-14(7-9-15)12-18-10-11-20-21(16,17)19-5-2/h6-9,13H,4-5,10-12H2,1-3H3,(H,16,17). The average molecular weight is 316 g/mol. The van der Waals surface area contributed by atoms with E-state index in [-0.39, 0.29) is 19.8 Å². The number of ether oxygens (including phenoxy) is 1.